The smallest absolute Gasteiger partial charge is 0.219 e. The van der Waals surface area contributed by atoms with Gasteiger partial charge in [0.05, 0.1) is 5.69 Å². The van der Waals surface area contributed by atoms with Crippen LogP contribution >= 0.6 is 0 Å². The first-order chi connectivity index (χ1) is 10.6. The molecule has 0 N–H and O–H groups in total. The van der Waals surface area contributed by atoms with Gasteiger partial charge in [0.15, 0.2) is 0 Å². The Labute approximate surface area is 129 Å². The zero-order chi connectivity index (χ0) is 15.5. The standard InChI is InChI=1S/C16H19N5O/c1-11-19-15(13-4-3-5-21(9-13)12(2)22)6-16(20-11)14-7-17-10-18-8-14/h6-8,10,13H,3-5,9H2,1-2H3/t13-/m1/s1. The van der Waals surface area contributed by atoms with Crippen molar-refractivity contribution in [3.63, 3.8) is 0 Å². The Hall–Kier alpha value is -2.37. The molecule has 22 heavy (non-hydrogen) atoms. The fraction of sp³-hybridized carbons (Fsp3) is 0.438. The van der Waals surface area contributed by atoms with Gasteiger partial charge in [0, 0.05) is 49.6 Å². The molecule has 2 aromatic rings. The van der Waals surface area contributed by atoms with Gasteiger partial charge in [0.2, 0.25) is 5.91 Å². The summed E-state index contributed by atoms with van der Waals surface area (Å²) in [6.07, 6.45) is 7.06. The average molecular weight is 297 g/mol. The zero-order valence-electron chi connectivity index (χ0n) is 12.9. The van der Waals surface area contributed by atoms with Gasteiger partial charge >= 0.3 is 0 Å². The molecule has 6 heteroatoms. The van der Waals surface area contributed by atoms with E-state index in [1.165, 1.54) is 6.33 Å². The van der Waals surface area contributed by atoms with Crippen LogP contribution in [0, 0.1) is 6.92 Å². The molecule has 0 spiro atoms. The summed E-state index contributed by atoms with van der Waals surface area (Å²) in [6.45, 7) is 5.09. The Morgan fingerprint density at radius 2 is 2.05 bits per heavy atom. The van der Waals surface area contributed by atoms with Crippen molar-refractivity contribution in [1.82, 2.24) is 24.8 Å². The van der Waals surface area contributed by atoms with Gasteiger partial charge in [-0.1, -0.05) is 0 Å². The lowest BCUT2D eigenvalue weighted by atomic mass is 9.93. The molecule has 0 bridgehead atoms. The largest absolute Gasteiger partial charge is 0.342 e. The maximum absolute atomic E-state index is 11.6. The zero-order valence-corrected chi connectivity index (χ0v) is 12.9. The first kappa shape index (κ1) is 14.6. The van der Waals surface area contributed by atoms with Gasteiger partial charge in [-0.25, -0.2) is 19.9 Å². The first-order valence-corrected chi connectivity index (χ1v) is 7.50. The maximum Gasteiger partial charge on any atom is 0.219 e. The third kappa shape index (κ3) is 3.10. The molecular weight excluding hydrogens is 278 g/mol. The average Bonchev–Trinajstić information content (AvgIpc) is 2.55. The highest BCUT2D eigenvalue weighted by Gasteiger charge is 2.24. The molecule has 1 fully saturated rings. The van der Waals surface area contributed by atoms with Crippen molar-refractivity contribution >= 4 is 5.91 Å². The molecule has 1 saturated heterocycles. The van der Waals surface area contributed by atoms with Gasteiger partial charge in [-0.15, -0.1) is 0 Å². The fourth-order valence-electron chi connectivity index (χ4n) is 2.88. The SMILES string of the molecule is CC(=O)N1CCC[C@@H](c2cc(-c3cncnc3)nc(C)n2)C1. The number of carbonyl (C=O) groups excluding carboxylic acids is 1. The number of carbonyl (C=O) groups is 1. The van der Waals surface area contributed by atoms with Gasteiger partial charge < -0.3 is 4.90 Å². The van der Waals surface area contributed by atoms with E-state index in [2.05, 4.69) is 19.9 Å². The van der Waals surface area contributed by atoms with Crippen LogP contribution < -0.4 is 0 Å². The predicted molar refractivity (Wildman–Crippen MR) is 82.0 cm³/mol. The number of amides is 1. The molecule has 0 radical (unpaired) electrons. The van der Waals surface area contributed by atoms with Crippen molar-refractivity contribution in [3.8, 4) is 11.3 Å². The van der Waals surface area contributed by atoms with E-state index < -0.39 is 0 Å². The van der Waals surface area contributed by atoms with Crippen molar-refractivity contribution < 1.29 is 4.79 Å². The molecule has 2 aromatic heterocycles. The van der Waals surface area contributed by atoms with E-state index in [1.807, 2.05) is 17.9 Å². The van der Waals surface area contributed by atoms with Crippen LogP contribution in [-0.2, 0) is 4.79 Å². The van der Waals surface area contributed by atoms with Crippen LogP contribution in [0.4, 0.5) is 0 Å². The van der Waals surface area contributed by atoms with Gasteiger partial charge in [0.1, 0.15) is 12.2 Å². The number of nitrogens with zero attached hydrogens (tertiary/aromatic N) is 5. The Morgan fingerprint density at radius 3 is 2.77 bits per heavy atom. The molecule has 1 aliphatic rings. The Balaban J connectivity index is 1.91. The lowest BCUT2D eigenvalue weighted by Crippen LogP contribution is -2.37. The minimum Gasteiger partial charge on any atom is -0.342 e. The molecule has 0 aliphatic carbocycles. The molecule has 114 valence electrons. The summed E-state index contributed by atoms with van der Waals surface area (Å²) in [5.74, 6) is 1.13. The highest BCUT2D eigenvalue weighted by molar-refractivity contribution is 5.73. The van der Waals surface area contributed by atoms with Crippen LogP contribution in [0.1, 0.15) is 37.2 Å². The third-order valence-corrected chi connectivity index (χ3v) is 4.00. The highest BCUT2D eigenvalue weighted by Crippen LogP contribution is 2.28. The summed E-state index contributed by atoms with van der Waals surface area (Å²) < 4.78 is 0. The van der Waals surface area contributed by atoms with E-state index in [0.29, 0.717) is 0 Å². The third-order valence-electron chi connectivity index (χ3n) is 4.00. The Bertz CT molecular complexity index is 673. The van der Waals surface area contributed by atoms with E-state index in [0.717, 1.165) is 48.7 Å². The van der Waals surface area contributed by atoms with Crippen molar-refractivity contribution in [2.45, 2.75) is 32.6 Å². The number of rotatable bonds is 2. The predicted octanol–water partition coefficient (Wildman–Crippen LogP) is 1.97. The summed E-state index contributed by atoms with van der Waals surface area (Å²) >= 11 is 0. The van der Waals surface area contributed by atoms with Crippen LogP contribution in [0.25, 0.3) is 11.3 Å². The lowest BCUT2D eigenvalue weighted by Gasteiger charge is -2.31. The Kier molecular flexibility index (Phi) is 4.09. The van der Waals surface area contributed by atoms with Gasteiger partial charge in [-0.3, -0.25) is 4.79 Å². The summed E-state index contributed by atoms with van der Waals surface area (Å²) in [5.41, 5.74) is 2.72. The highest BCUT2D eigenvalue weighted by atomic mass is 16.2. The number of piperidine rings is 1. The number of aromatic nitrogens is 4. The van der Waals surface area contributed by atoms with Gasteiger partial charge in [-0.2, -0.15) is 0 Å². The lowest BCUT2D eigenvalue weighted by molar-refractivity contribution is -0.130. The summed E-state index contributed by atoms with van der Waals surface area (Å²) in [5, 5.41) is 0. The number of aryl methyl sites for hydroxylation is 1. The van der Waals surface area contributed by atoms with E-state index >= 15 is 0 Å². The van der Waals surface area contributed by atoms with Crippen LogP contribution in [-0.4, -0.2) is 43.8 Å². The minimum atomic E-state index is 0.132. The molecular formula is C16H19N5O. The van der Waals surface area contributed by atoms with E-state index in [9.17, 15) is 4.79 Å². The second-order valence-corrected chi connectivity index (χ2v) is 5.66. The van der Waals surface area contributed by atoms with Crippen molar-refractivity contribution in [2.24, 2.45) is 0 Å². The van der Waals surface area contributed by atoms with E-state index in [4.69, 9.17) is 0 Å². The monoisotopic (exact) mass is 297 g/mol. The second kappa shape index (κ2) is 6.17. The van der Waals surface area contributed by atoms with Crippen molar-refractivity contribution in [3.05, 3.63) is 36.3 Å². The van der Waals surface area contributed by atoms with Crippen LogP contribution in [0.3, 0.4) is 0 Å². The molecule has 0 aromatic carbocycles. The molecule has 3 heterocycles. The van der Waals surface area contributed by atoms with Crippen LogP contribution in [0.5, 0.6) is 0 Å². The number of hydrogen-bond acceptors (Lipinski definition) is 5. The van der Waals surface area contributed by atoms with Crippen molar-refractivity contribution in [2.75, 3.05) is 13.1 Å². The normalized spacial score (nSPS) is 18.3. The maximum atomic E-state index is 11.6. The quantitative estimate of drug-likeness (QED) is 0.847. The minimum absolute atomic E-state index is 0.132. The molecule has 1 aliphatic heterocycles. The molecule has 1 amide bonds. The molecule has 1 atom stereocenters. The number of likely N-dealkylation sites (tertiary alicyclic amines) is 1. The first-order valence-electron chi connectivity index (χ1n) is 7.50. The van der Waals surface area contributed by atoms with Gasteiger partial charge in [0.25, 0.3) is 0 Å². The van der Waals surface area contributed by atoms with Crippen LogP contribution in [0.2, 0.25) is 0 Å². The fourth-order valence-corrected chi connectivity index (χ4v) is 2.88. The van der Waals surface area contributed by atoms with Crippen molar-refractivity contribution in [1.29, 1.82) is 0 Å². The van der Waals surface area contributed by atoms with Crippen LogP contribution in [0.15, 0.2) is 24.8 Å². The van der Waals surface area contributed by atoms with E-state index in [-0.39, 0.29) is 11.8 Å². The molecule has 0 unspecified atom stereocenters. The number of hydrogen-bond donors (Lipinski definition) is 0. The Morgan fingerprint density at radius 1 is 1.27 bits per heavy atom. The summed E-state index contributed by atoms with van der Waals surface area (Å²) in [7, 11) is 0. The molecule has 6 nitrogen and oxygen atoms in total. The van der Waals surface area contributed by atoms with Gasteiger partial charge in [-0.05, 0) is 25.8 Å². The molecule has 3 rings (SSSR count). The second-order valence-electron chi connectivity index (χ2n) is 5.66. The summed E-state index contributed by atoms with van der Waals surface area (Å²) in [4.78, 5) is 30.7. The molecule has 0 saturated carbocycles. The summed E-state index contributed by atoms with van der Waals surface area (Å²) in [6, 6.07) is 2.00. The van der Waals surface area contributed by atoms with E-state index in [1.54, 1.807) is 19.3 Å². The topological polar surface area (TPSA) is 71.9 Å².